The average molecular weight is 324 g/mol. The zero-order valence-electron chi connectivity index (χ0n) is 11.1. The molecule has 0 heterocycles. The minimum atomic E-state index is -2.88. The van der Waals surface area contributed by atoms with Gasteiger partial charge in [-0.2, -0.15) is 11.8 Å². The molecule has 2 unspecified atom stereocenters. The predicted molar refractivity (Wildman–Crippen MR) is 69.6 cm³/mol. The molecule has 0 aliphatic heterocycles. The molecule has 0 bridgehead atoms. The van der Waals surface area contributed by atoms with Gasteiger partial charge in [0, 0.05) is 0 Å². The molecule has 2 atom stereocenters. The van der Waals surface area contributed by atoms with Gasteiger partial charge in [-0.25, -0.2) is 9.59 Å². The number of esters is 2. The second kappa shape index (κ2) is 8.60. The number of hydrogen-bond donors (Lipinski definition) is 4. The van der Waals surface area contributed by atoms with Gasteiger partial charge in [0.1, 0.15) is 0 Å². The molecule has 0 aromatic heterocycles. The highest BCUT2D eigenvalue weighted by molar-refractivity contribution is 7.98. The third kappa shape index (κ3) is 7.06. The molecule has 0 radical (unpaired) electrons. The van der Waals surface area contributed by atoms with Gasteiger partial charge in [0.15, 0.2) is 11.7 Å². The summed E-state index contributed by atoms with van der Waals surface area (Å²) in [6.45, 7) is 0. The summed E-state index contributed by atoms with van der Waals surface area (Å²) in [5.41, 5.74) is -2.88. The van der Waals surface area contributed by atoms with Crippen molar-refractivity contribution in [3.8, 4) is 0 Å². The van der Waals surface area contributed by atoms with E-state index in [2.05, 4.69) is 4.74 Å². The summed E-state index contributed by atoms with van der Waals surface area (Å²) in [6, 6.07) is 0. The summed E-state index contributed by atoms with van der Waals surface area (Å²) in [4.78, 5) is 43.9. The Balaban J connectivity index is 4.61. The summed E-state index contributed by atoms with van der Waals surface area (Å²) in [6.07, 6.45) is -2.25. The number of aliphatic hydroxyl groups excluding tert-OH is 1. The maximum absolute atomic E-state index is 11.4. The number of carbonyl (C=O) groups excluding carboxylic acids is 2. The summed E-state index contributed by atoms with van der Waals surface area (Å²) >= 11 is 1.35. The number of thioether (sulfide) groups is 1. The summed E-state index contributed by atoms with van der Waals surface area (Å²) in [5, 5.41) is 36.1. The van der Waals surface area contributed by atoms with Crippen molar-refractivity contribution in [3.05, 3.63) is 0 Å². The van der Waals surface area contributed by atoms with Crippen LogP contribution in [0.15, 0.2) is 0 Å². The van der Waals surface area contributed by atoms with Crippen molar-refractivity contribution in [2.24, 2.45) is 0 Å². The molecular formula is C11H16O9S. The maximum Gasteiger partial charge on any atom is 0.342 e. The lowest BCUT2D eigenvalue weighted by molar-refractivity contribution is -0.177. The number of hydrogen-bond acceptors (Lipinski definition) is 8. The van der Waals surface area contributed by atoms with Crippen LogP contribution in [0.5, 0.6) is 0 Å². The number of aliphatic carboxylic acids is 2. The van der Waals surface area contributed by atoms with Gasteiger partial charge < -0.3 is 25.2 Å². The highest BCUT2D eigenvalue weighted by Crippen LogP contribution is 2.17. The standard InChI is InChI=1S/C11H16O9S/c1-21-3-2-6(12)9(16)20-8(15)5-11(19,10(17)18)4-7(13)14/h6,12,19H,2-5H2,1H3,(H,13,14)(H,17,18). The largest absolute Gasteiger partial charge is 0.481 e. The van der Waals surface area contributed by atoms with Crippen LogP contribution in [0.4, 0.5) is 0 Å². The van der Waals surface area contributed by atoms with Gasteiger partial charge in [-0.3, -0.25) is 9.59 Å². The molecule has 0 saturated heterocycles. The topological polar surface area (TPSA) is 158 Å². The van der Waals surface area contributed by atoms with E-state index >= 15 is 0 Å². The van der Waals surface area contributed by atoms with Gasteiger partial charge in [0.2, 0.25) is 0 Å². The summed E-state index contributed by atoms with van der Waals surface area (Å²) in [7, 11) is 0. The number of carbonyl (C=O) groups is 4. The van der Waals surface area contributed by atoms with Crippen molar-refractivity contribution in [1.29, 1.82) is 0 Å². The van der Waals surface area contributed by atoms with E-state index in [9.17, 15) is 29.4 Å². The van der Waals surface area contributed by atoms with Gasteiger partial charge >= 0.3 is 23.9 Å². The fourth-order valence-electron chi connectivity index (χ4n) is 1.27. The van der Waals surface area contributed by atoms with Crippen LogP contribution in [0, 0.1) is 0 Å². The molecule has 4 N–H and O–H groups in total. The van der Waals surface area contributed by atoms with E-state index < -0.39 is 48.4 Å². The Labute approximate surface area is 123 Å². The third-order valence-electron chi connectivity index (χ3n) is 2.36. The van der Waals surface area contributed by atoms with Crippen LogP contribution < -0.4 is 0 Å². The predicted octanol–water partition coefficient (Wildman–Crippen LogP) is -1.15. The van der Waals surface area contributed by atoms with Crippen LogP contribution >= 0.6 is 11.8 Å². The number of carboxylic acids is 2. The Morgan fingerprint density at radius 3 is 2.19 bits per heavy atom. The summed E-state index contributed by atoms with van der Waals surface area (Å²) < 4.78 is 4.18. The van der Waals surface area contributed by atoms with Crippen LogP contribution in [-0.4, -0.2) is 68.0 Å². The molecule has 0 aromatic carbocycles. The maximum atomic E-state index is 11.4. The average Bonchev–Trinajstić information content (AvgIpc) is 2.34. The van der Waals surface area contributed by atoms with E-state index in [1.54, 1.807) is 6.26 Å². The molecular weight excluding hydrogens is 308 g/mol. The zero-order chi connectivity index (χ0) is 16.6. The van der Waals surface area contributed by atoms with E-state index in [0.717, 1.165) is 0 Å². The van der Waals surface area contributed by atoms with Crippen molar-refractivity contribution in [2.75, 3.05) is 12.0 Å². The summed E-state index contributed by atoms with van der Waals surface area (Å²) in [5.74, 6) is -5.86. The molecule has 0 fully saturated rings. The Morgan fingerprint density at radius 1 is 1.19 bits per heavy atom. The minimum absolute atomic E-state index is 0.0333. The molecule has 0 rings (SSSR count). The normalized spacial score (nSPS) is 14.8. The first-order valence-corrected chi connectivity index (χ1v) is 7.11. The second-order valence-corrected chi connectivity index (χ2v) is 5.16. The molecule has 0 amide bonds. The first-order valence-electron chi connectivity index (χ1n) is 5.71. The zero-order valence-corrected chi connectivity index (χ0v) is 12.0. The quantitative estimate of drug-likeness (QED) is 0.301. The van der Waals surface area contributed by atoms with Gasteiger partial charge in [0.25, 0.3) is 0 Å². The van der Waals surface area contributed by atoms with Crippen LogP contribution in [0.2, 0.25) is 0 Å². The SMILES string of the molecule is CSCCC(O)C(=O)OC(=O)CC(O)(CC(=O)O)C(=O)O. The van der Waals surface area contributed by atoms with Crippen LogP contribution in [0.25, 0.3) is 0 Å². The fourth-order valence-corrected chi connectivity index (χ4v) is 1.73. The molecule has 21 heavy (non-hydrogen) atoms. The third-order valence-corrected chi connectivity index (χ3v) is 3.00. The van der Waals surface area contributed by atoms with E-state index in [0.29, 0.717) is 5.75 Å². The molecule has 10 heteroatoms. The van der Waals surface area contributed by atoms with Crippen molar-refractivity contribution in [1.82, 2.24) is 0 Å². The van der Waals surface area contributed by atoms with E-state index in [-0.39, 0.29) is 6.42 Å². The van der Waals surface area contributed by atoms with Gasteiger partial charge in [-0.1, -0.05) is 0 Å². The van der Waals surface area contributed by atoms with Crippen molar-refractivity contribution >= 4 is 35.6 Å². The first kappa shape index (κ1) is 19.4. The number of rotatable bonds is 9. The molecule has 0 aliphatic carbocycles. The highest BCUT2D eigenvalue weighted by Gasteiger charge is 2.42. The molecule has 0 saturated carbocycles. The monoisotopic (exact) mass is 324 g/mol. The second-order valence-electron chi connectivity index (χ2n) is 4.17. The van der Waals surface area contributed by atoms with E-state index in [4.69, 9.17) is 10.2 Å². The molecule has 0 aliphatic rings. The fraction of sp³-hybridized carbons (Fsp3) is 0.636. The smallest absolute Gasteiger partial charge is 0.342 e. The van der Waals surface area contributed by atoms with Crippen molar-refractivity contribution in [2.45, 2.75) is 31.0 Å². The Morgan fingerprint density at radius 2 is 1.76 bits per heavy atom. The van der Waals surface area contributed by atoms with Crippen molar-refractivity contribution in [3.63, 3.8) is 0 Å². The Hall–Kier alpha value is -1.65. The molecule has 0 spiro atoms. The van der Waals surface area contributed by atoms with Gasteiger partial charge in [-0.15, -0.1) is 0 Å². The molecule has 120 valence electrons. The van der Waals surface area contributed by atoms with E-state index in [1.807, 2.05) is 0 Å². The number of carboxylic acid groups (broad SMARTS) is 2. The molecule has 0 aromatic rings. The van der Waals surface area contributed by atoms with Crippen LogP contribution in [0.1, 0.15) is 19.3 Å². The Kier molecular flexibility index (Phi) is 7.92. The lowest BCUT2D eigenvalue weighted by Gasteiger charge is -2.20. The van der Waals surface area contributed by atoms with Crippen molar-refractivity contribution < 1.29 is 44.3 Å². The number of aliphatic hydroxyl groups is 2. The van der Waals surface area contributed by atoms with E-state index in [1.165, 1.54) is 11.8 Å². The highest BCUT2D eigenvalue weighted by atomic mass is 32.2. The first-order chi connectivity index (χ1) is 9.62. The number of ether oxygens (including phenoxy) is 1. The Bertz CT molecular complexity index is 422. The molecule has 9 nitrogen and oxygen atoms in total. The van der Waals surface area contributed by atoms with Crippen LogP contribution in [-0.2, 0) is 23.9 Å². The van der Waals surface area contributed by atoms with Gasteiger partial charge in [0.05, 0.1) is 12.8 Å². The lowest BCUT2D eigenvalue weighted by atomic mass is 9.96. The lowest BCUT2D eigenvalue weighted by Crippen LogP contribution is -2.43. The minimum Gasteiger partial charge on any atom is -0.481 e. The van der Waals surface area contributed by atoms with Crippen LogP contribution in [0.3, 0.4) is 0 Å². The van der Waals surface area contributed by atoms with Gasteiger partial charge in [-0.05, 0) is 18.4 Å².